The van der Waals surface area contributed by atoms with E-state index in [9.17, 15) is 23.3 Å². The van der Waals surface area contributed by atoms with Crippen molar-refractivity contribution >= 4 is 23.0 Å². The zero-order valence-corrected chi connectivity index (χ0v) is 21.3. The Hall–Kier alpha value is -4.72. The molecule has 0 bridgehead atoms. The van der Waals surface area contributed by atoms with Crippen LogP contribution in [0.4, 0.5) is 36.2 Å². The van der Waals surface area contributed by atoms with Crippen LogP contribution in [0.25, 0.3) is 22.4 Å². The lowest BCUT2D eigenvalue weighted by Gasteiger charge is -2.34. The molecule has 14 heteroatoms. The molecule has 1 fully saturated rings. The molecule has 0 spiro atoms. The van der Waals surface area contributed by atoms with Gasteiger partial charge in [-0.15, -0.1) is 0 Å². The number of hydrogen-bond donors (Lipinski definition) is 2. The third-order valence-corrected chi connectivity index (χ3v) is 6.55. The average molecular weight is 555 g/mol. The van der Waals surface area contributed by atoms with Gasteiger partial charge >= 0.3 is 6.55 Å². The summed E-state index contributed by atoms with van der Waals surface area (Å²) in [6.45, 7) is -1.54. The molecule has 40 heavy (non-hydrogen) atoms. The van der Waals surface area contributed by atoms with Crippen LogP contribution in [0, 0.1) is 15.9 Å². The van der Waals surface area contributed by atoms with Crippen LogP contribution in [-0.2, 0) is 0 Å². The van der Waals surface area contributed by atoms with Gasteiger partial charge in [-0.2, -0.15) is 13.9 Å². The van der Waals surface area contributed by atoms with E-state index in [0.717, 1.165) is 18.9 Å². The fourth-order valence-corrected chi connectivity index (χ4v) is 4.70. The molecule has 208 valence electrons. The van der Waals surface area contributed by atoms with Gasteiger partial charge in [0.15, 0.2) is 5.69 Å². The first-order valence-corrected chi connectivity index (χ1v) is 12.3. The number of methoxy groups -OCH3 is 1. The number of halogens is 3. The Morgan fingerprint density at radius 1 is 1.23 bits per heavy atom. The monoisotopic (exact) mass is 554 g/mol. The van der Waals surface area contributed by atoms with Gasteiger partial charge in [0, 0.05) is 60.5 Å². The van der Waals surface area contributed by atoms with Gasteiger partial charge < -0.3 is 20.7 Å². The maximum absolute atomic E-state index is 14.8. The highest BCUT2D eigenvalue weighted by Gasteiger charge is 2.25. The quantitative estimate of drug-likeness (QED) is 0.224. The first-order chi connectivity index (χ1) is 19.2. The summed E-state index contributed by atoms with van der Waals surface area (Å²) in [4.78, 5) is 21.9. The summed E-state index contributed by atoms with van der Waals surface area (Å²) >= 11 is 0. The van der Waals surface area contributed by atoms with Gasteiger partial charge in [-0.05, 0) is 31.0 Å². The lowest BCUT2D eigenvalue weighted by atomic mass is 10.0. The summed E-state index contributed by atoms with van der Waals surface area (Å²) in [6.07, 6.45) is 5.82. The van der Waals surface area contributed by atoms with E-state index in [4.69, 9.17) is 10.5 Å². The topological polar surface area (TPSA) is 137 Å². The van der Waals surface area contributed by atoms with E-state index in [-0.39, 0.29) is 28.9 Å². The molecule has 0 radical (unpaired) electrons. The van der Waals surface area contributed by atoms with E-state index >= 15 is 0 Å². The first-order valence-electron chi connectivity index (χ1n) is 12.3. The lowest BCUT2D eigenvalue weighted by molar-refractivity contribution is -0.384. The molecule has 11 nitrogen and oxygen atoms in total. The molecule has 1 aliphatic heterocycles. The molecular formula is C26H25F3N8O3. The highest BCUT2D eigenvalue weighted by Crippen LogP contribution is 2.39. The molecule has 0 saturated carbocycles. The second kappa shape index (κ2) is 11.2. The van der Waals surface area contributed by atoms with E-state index in [1.54, 1.807) is 6.07 Å². The fraction of sp³-hybridized carbons (Fsp3) is 0.269. The zero-order chi connectivity index (χ0) is 28.4. The maximum atomic E-state index is 14.8. The number of hydrogen-bond acceptors (Lipinski definition) is 9. The highest BCUT2D eigenvalue weighted by atomic mass is 19.3. The summed E-state index contributed by atoms with van der Waals surface area (Å²) in [5.41, 5.74) is 7.16. The summed E-state index contributed by atoms with van der Waals surface area (Å²) in [6, 6.07) is 8.33. The molecule has 4 heterocycles. The van der Waals surface area contributed by atoms with Crippen molar-refractivity contribution in [3.63, 3.8) is 0 Å². The summed E-state index contributed by atoms with van der Waals surface area (Å²) in [5, 5.41) is 18.5. The SMILES string of the molecule is COc1cccc(F)c1-c1nc(Nc2cc(N3CCC[C@H](N)C3)c(-c3cnn(C(F)F)c3)cn2)ccc1[N+](=O)[O-]. The van der Waals surface area contributed by atoms with Gasteiger partial charge in [0.25, 0.3) is 5.69 Å². The van der Waals surface area contributed by atoms with Crippen LogP contribution in [0.2, 0.25) is 0 Å². The van der Waals surface area contributed by atoms with Crippen molar-refractivity contribution in [2.75, 3.05) is 30.4 Å². The van der Waals surface area contributed by atoms with Crippen LogP contribution in [-0.4, -0.2) is 50.9 Å². The Labute approximate surface area is 226 Å². The van der Waals surface area contributed by atoms with Crippen molar-refractivity contribution < 1.29 is 22.8 Å². The Morgan fingerprint density at radius 3 is 2.75 bits per heavy atom. The summed E-state index contributed by atoms with van der Waals surface area (Å²) < 4.78 is 47.0. The van der Waals surface area contributed by atoms with E-state index in [2.05, 4.69) is 25.3 Å². The Balaban J connectivity index is 1.56. The van der Waals surface area contributed by atoms with E-state index in [0.29, 0.717) is 40.4 Å². The largest absolute Gasteiger partial charge is 0.496 e. The predicted molar refractivity (Wildman–Crippen MR) is 142 cm³/mol. The number of ether oxygens (including phenoxy) is 1. The van der Waals surface area contributed by atoms with Gasteiger partial charge in [-0.25, -0.2) is 19.0 Å². The number of benzene rings is 1. The van der Waals surface area contributed by atoms with Gasteiger partial charge in [0.05, 0.1) is 23.8 Å². The number of nitrogens with zero attached hydrogens (tertiary/aromatic N) is 6. The van der Waals surface area contributed by atoms with Crippen LogP contribution in [0.1, 0.15) is 19.4 Å². The lowest BCUT2D eigenvalue weighted by Crippen LogP contribution is -2.43. The standard InChI is InChI=1S/C26H25F3N8O3/c1-40-21-6-2-5-18(27)24(21)25-19(37(38)39)7-8-22(34-25)33-23-10-20(35-9-3-4-16(30)14-35)17(12-31-23)15-11-32-36(13-15)26(28)29/h2,5-8,10-13,16,26H,3-4,9,14,30H2,1H3,(H,31,33,34)/t16-/m0/s1. The number of aromatic nitrogens is 4. The minimum atomic E-state index is -2.79. The summed E-state index contributed by atoms with van der Waals surface area (Å²) in [7, 11) is 1.33. The number of nitro groups is 1. The number of nitrogens with two attached hydrogens (primary N) is 1. The third kappa shape index (κ3) is 5.38. The molecule has 1 saturated heterocycles. The van der Waals surface area contributed by atoms with Gasteiger partial charge in [-0.1, -0.05) is 6.07 Å². The van der Waals surface area contributed by atoms with Crippen LogP contribution >= 0.6 is 0 Å². The Bertz CT molecular complexity index is 1550. The second-order valence-corrected chi connectivity index (χ2v) is 9.19. The first kappa shape index (κ1) is 26.9. The number of rotatable bonds is 8. The van der Waals surface area contributed by atoms with Crippen LogP contribution in [0.5, 0.6) is 5.75 Å². The van der Waals surface area contributed by atoms with Crippen molar-refractivity contribution in [1.29, 1.82) is 0 Å². The number of pyridine rings is 2. The van der Waals surface area contributed by atoms with E-state index in [1.165, 1.54) is 50.0 Å². The molecular weight excluding hydrogens is 529 g/mol. The van der Waals surface area contributed by atoms with Crippen molar-refractivity contribution in [1.82, 2.24) is 19.7 Å². The van der Waals surface area contributed by atoms with Crippen molar-refractivity contribution in [2.24, 2.45) is 5.73 Å². The van der Waals surface area contributed by atoms with Crippen LogP contribution < -0.4 is 20.7 Å². The molecule has 3 aromatic heterocycles. The van der Waals surface area contributed by atoms with E-state index < -0.39 is 23.0 Å². The highest BCUT2D eigenvalue weighted by molar-refractivity contribution is 5.81. The van der Waals surface area contributed by atoms with Gasteiger partial charge in [0.2, 0.25) is 0 Å². The average Bonchev–Trinajstić information content (AvgIpc) is 3.43. The van der Waals surface area contributed by atoms with Crippen LogP contribution in [0.3, 0.4) is 0 Å². The molecule has 0 aliphatic carbocycles. The molecule has 5 rings (SSSR count). The molecule has 4 aromatic rings. The maximum Gasteiger partial charge on any atom is 0.333 e. The third-order valence-electron chi connectivity index (χ3n) is 6.55. The zero-order valence-electron chi connectivity index (χ0n) is 21.3. The molecule has 1 aromatic carbocycles. The number of nitrogens with one attached hydrogen (secondary N) is 1. The smallest absolute Gasteiger partial charge is 0.333 e. The van der Waals surface area contributed by atoms with Gasteiger partial charge in [-0.3, -0.25) is 10.1 Å². The Kier molecular flexibility index (Phi) is 7.51. The molecule has 1 aliphatic rings. The normalized spacial score (nSPS) is 15.3. The minimum Gasteiger partial charge on any atom is -0.496 e. The van der Waals surface area contributed by atoms with E-state index in [1.807, 2.05) is 0 Å². The van der Waals surface area contributed by atoms with Crippen LogP contribution in [0.15, 0.2) is 55.0 Å². The summed E-state index contributed by atoms with van der Waals surface area (Å²) in [5.74, 6) is -0.157. The molecule has 0 unspecified atom stereocenters. The molecule has 3 N–H and O–H groups in total. The minimum absolute atomic E-state index is 0.0652. The van der Waals surface area contributed by atoms with Gasteiger partial charge in [0.1, 0.15) is 23.2 Å². The molecule has 1 atom stereocenters. The fourth-order valence-electron chi connectivity index (χ4n) is 4.70. The number of piperidine rings is 1. The predicted octanol–water partition coefficient (Wildman–Crippen LogP) is 5.13. The van der Waals surface area contributed by atoms with Crippen molar-refractivity contribution in [3.8, 4) is 28.1 Å². The van der Waals surface area contributed by atoms with Crippen molar-refractivity contribution in [2.45, 2.75) is 25.4 Å². The molecule has 0 amide bonds. The van der Waals surface area contributed by atoms with Crippen molar-refractivity contribution in [3.05, 3.63) is 70.9 Å². The number of anilines is 3. The number of alkyl halides is 2. The second-order valence-electron chi connectivity index (χ2n) is 9.19. The Morgan fingerprint density at radius 2 is 2.05 bits per heavy atom.